The maximum Gasteiger partial charge on any atom is 0.146 e. The second-order valence-electron chi connectivity index (χ2n) is 6.62. The number of anilines is 3. The first kappa shape index (κ1) is 18.4. The topological polar surface area (TPSA) is 72.2 Å². The fourth-order valence-corrected chi connectivity index (χ4v) is 3.52. The third kappa shape index (κ3) is 3.88. The summed E-state index contributed by atoms with van der Waals surface area (Å²) >= 11 is 3.39. The van der Waals surface area contributed by atoms with Gasteiger partial charge in [0.1, 0.15) is 29.9 Å². The zero-order valence-corrected chi connectivity index (χ0v) is 16.8. The predicted molar refractivity (Wildman–Crippen MR) is 107 cm³/mol. The molecule has 1 unspecified atom stereocenters. The van der Waals surface area contributed by atoms with E-state index in [9.17, 15) is 5.26 Å². The molecule has 8 heteroatoms. The van der Waals surface area contributed by atoms with Crippen molar-refractivity contribution in [2.24, 2.45) is 0 Å². The van der Waals surface area contributed by atoms with E-state index >= 15 is 0 Å². The first-order chi connectivity index (χ1) is 12.5. The molecule has 136 valence electrons. The van der Waals surface area contributed by atoms with Gasteiger partial charge in [-0.2, -0.15) is 5.26 Å². The summed E-state index contributed by atoms with van der Waals surface area (Å²) < 4.78 is 0.820. The standard InChI is InChI=1S/C18H22BrN7/c1-24(2)16-8-17(23-12-22-16)25(3)15-5-4-6-26(11-15)18-13(9-20)7-14(19)10-21-18/h7-8,10,12,15H,4-6,11H2,1-3H3. The van der Waals surface area contributed by atoms with E-state index in [0.29, 0.717) is 11.6 Å². The van der Waals surface area contributed by atoms with Crippen LogP contribution in [0.15, 0.2) is 29.1 Å². The van der Waals surface area contributed by atoms with Gasteiger partial charge in [-0.1, -0.05) is 0 Å². The quantitative estimate of drug-likeness (QED) is 0.759. The molecule has 0 aliphatic carbocycles. The van der Waals surface area contributed by atoms with Crippen LogP contribution in [-0.4, -0.2) is 55.2 Å². The van der Waals surface area contributed by atoms with Crippen LogP contribution in [0.4, 0.5) is 17.5 Å². The number of nitriles is 1. The van der Waals surface area contributed by atoms with Gasteiger partial charge >= 0.3 is 0 Å². The molecule has 7 nitrogen and oxygen atoms in total. The molecule has 3 heterocycles. The summed E-state index contributed by atoms with van der Waals surface area (Å²) in [4.78, 5) is 19.6. The molecular weight excluding hydrogens is 394 g/mol. The highest BCUT2D eigenvalue weighted by molar-refractivity contribution is 9.10. The zero-order chi connectivity index (χ0) is 18.7. The second kappa shape index (κ2) is 7.87. The van der Waals surface area contributed by atoms with E-state index in [2.05, 4.69) is 53.8 Å². The van der Waals surface area contributed by atoms with Gasteiger partial charge in [-0.05, 0) is 34.8 Å². The van der Waals surface area contributed by atoms with Crippen molar-refractivity contribution in [1.29, 1.82) is 5.26 Å². The van der Waals surface area contributed by atoms with Gasteiger partial charge in [-0.25, -0.2) is 15.0 Å². The Kier molecular flexibility index (Phi) is 5.57. The molecule has 0 amide bonds. The highest BCUT2D eigenvalue weighted by atomic mass is 79.9. The van der Waals surface area contributed by atoms with Crippen molar-refractivity contribution in [3.05, 3.63) is 34.7 Å². The Morgan fingerprint density at radius 3 is 2.69 bits per heavy atom. The summed E-state index contributed by atoms with van der Waals surface area (Å²) in [7, 11) is 6.00. The molecule has 0 saturated carbocycles. The summed E-state index contributed by atoms with van der Waals surface area (Å²) in [5.74, 6) is 2.54. The number of hydrogen-bond donors (Lipinski definition) is 0. The second-order valence-corrected chi connectivity index (χ2v) is 7.53. The summed E-state index contributed by atoms with van der Waals surface area (Å²) in [5.41, 5.74) is 0.597. The number of likely N-dealkylation sites (N-methyl/N-ethyl adjacent to an activating group) is 1. The van der Waals surface area contributed by atoms with E-state index in [-0.39, 0.29) is 0 Å². The molecule has 1 fully saturated rings. The van der Waals surface area contributed by atoms with Crippen molar-refractivity contribution in [2.45, 2.75) is 18.9 Å². The van der Waals surface area contributed by atoms with Crippen molar-refractivity contribution < 1.29 is 0 Å². The number of piperidine rings is 1. The SMILES string of the molecule is CN(C)c1cc(N(C)C2CCCN(c3ncc(Br)cc3C#N)C2)ncn1. The van der Waals surface area contributed by atoms with Gasteiger partial charge in [0.2, 0.25) is 0 Å². The van der Waals surface area contributed by atoms with Gasteiger partial charge in [-0.15, -0.1) is 0 Å². The highest BCUT2D eigenvalue weighted by Crippen LogP contribution is 2.27. The van der Waals surface area contributed by atoms with Gasteiger partial charge in [0.25, 0.3) is 0 Å². The Bertz CT molecular complexity index is 817. The van der Waals surface area contributed by atoms with Crippen molar-refractivity contribution >= 4 is 33.4 Å². The minimum Gasteiger partial charge on any atom is -0.363 e. The fraction of sp³-hybridized carbons (Fsp3) is 0.444. The summed E-state index contributed by atoms with van der Waals surface area (Å²) in [6, 6.07) is 6.37. The molecule has 2 aromatic rings. The molecule has 0 bridgehead atoms. The van der Waals surface area contributed by atoms with Crippen LogP contribution in [0.3, 0.4) is 0 Å². The molecule has 1 atom stereocenters. The van der Waals surface area contributed by atoms with Gasteiger partial charge in [0.15, 0.2) is 0 Å². The van der Waals surface area contributed by atoms with Crippen molar-refractivity contribution in [1.82, 2.24) is 15.0 Å². The Balaban J connectivity index is 1.80. The minimum atomic E-state index is 0.297. The largest absolute Gasteiger partial charge is 0.363 e. The summed E-state index contributed by atoms with van der Waals surface area (Å²) in [6.45, 7) is 1.71. The lowest BCUT2D eigenvalue weighted by Crippen LogP contribution is -2.47. The first-order valence-electron chi connectivity index (χ1n) is 8.52. The van der Waals surface area contributed by atoms with Gasteiger partial charge in [0.05, 0.1) is 5.56 Å². The maximum atomic E-state index is 9.44. The highest BCUT2D eigenvalue weighted by Gasteiger charge is 2.26. The van der Waals surface area contributed by atoms with Crippen LogP contribution < -0.4 is 14.7 Å². The minimum absolute atomic E-state index is 0.297. The lowest BCUT2D eigenvalue weighted by molar-refractivity contribution is 0.483. The van der Waals surface area contributed by atoms with E-state index in [1.807, 2.05) is 31.1 Å². The molecule has 1 saturated heterocycles. The average Bonchev–Trinajstić information content (AvgIpc) is 2.67. The predicted octanol–water partition coefficient (Wildman–Crippen LogP) is 2.68. The van der Waals surface area contributed by atoms with Crippen molar-refractivity contribution in [2.75, 3.05) is 48.9 Å². The number of rotatable bonds is 4. The molecule has 1 aliphatic heterocycles. The van der Waals surface area contributed by atoms with Gasteiger partial charge in [0, 0.05) is 57.0 Å². The molecular formula is C18H22BrN7. The molecule has 0 aromatic carbocycles. The molecule has 0 spiro atoms. The lowest BCUT2D eigenvalue weighted by Gasteiger charge is -2.39. The molecule has 2 aromatic heterocycles. The number of pyridine rings is 1. The first-order valence-corrected chi connectivity index (χ1v) is 9.31. The third-order valence-electron chi connectivity index (χ3n) is 4.66. The number of hydrogen-bond acceptors (Lipinski definition) is 7. The Morgan fingerprint density at radius 1 is 1.19 bits per heavy atom. The van der Waals surface area contributed by atoms with E-state index in [1.165, 1.54) is 0 Å². The Labute approximate surface area is 162 Å². The monoisotopic (exact) mass is 415 g/mol. The number of aromatic nitrogens is 3. The normalized spacial score (nSPS) is 16.9. The van der Waals surface area contributed by atoms with Crippen LogP contribution in [0.2, 0.25) is 0 Å². The fourth-order valence-electron chi connectivity index (χ4n) is 3.19. The zero-order valence-electron chi connectivity index (χ0n) is 15.2. The van der Waals surface area contributed by atoms with E-state index in [4.69, 9.17) is 0 Å². The third-order valence-corrected chi connectivity index (χ3v) is 5.09. The summed E-state index contributed by atoms with van der Waals surface area (Å²) in [6.07, 6.45) is 5.47. The van der Waals surface area contributed by atoms with Crippen molar-refractivity contribution in [3.63, 3.8) is 0 Å². The molecule has 1 aliphatic rings. The molecule has 3 rings (SSSR count). The molecule has 26 heavy (non-hydrogen) atoms. The Hall–Kier alpha value is -2.40. The number of halogens is 1. The molecule has 0 radical (unpaired) electrons. The average molecular weight is 416 g/mol. The lowest BCUT2D eigenvalue weighted by atomic mass is 10.0. The van der Waals surface area contributed by atoms with Gasteiger partial charge in [-0.3, -0.25) is 0 Å². The van der Waals surface area contributed by atoms with Gasteiger partial charge < -0.3 is 14.7 Å². The number of nitrogens with zero attached hydrogens (tertiary/aromatic N) is 7. The molecule has 0 N–H and O–H groups in total. The van der Waals surface area contributed by atoms with Crippen LogP contribution in [0, 0.1) is 11.3 Å². The van der Waals surface area contributed by atoms with Crippen molar-refractivity contribution in [3.8, 4) is 6.07 Å². The van der Waals surface area contributed by atoms with E-state index in [1.54, 1.807) is 12.5 Å². The smallest absolute Gasteiger partial charge is 0.146 e. The van der Waals surface area contributed by atoms with Crippen LogP contribution in [0.1, 0.15) is 18.4 Å². The van der Waals surface area contributed by atoms with Crippen LogP contribution in [-0.2, 0) is 0 Å². The Morgan fingerprint density at radius 2 is 1.96 bits per heavy atom. The van der Waals surface area contributed by atoms with E-state index < -0.39 is 0 Å². The summed E-state index contributed by atoms with van der Waals surface area (Å²) in [5, 5.41) is 9.44. The van der Waals surface area contributed by atoms with Crippen LogP contribution >= 0.6 is 15.9 Å². The van der Waals surface area contributed by atoms with Crippen LogP contribution in [0.25, 0.3) is 0 Å². The maximum absolute atomic E-state index is 9.44. The van der Waals surface area contributed by atoms with E-state index in [0.717, 1.165) is 47.9 Å². The van der Waals surface area contributed by atoms with Crippen LogP contribution in [0.5, 0.6) is 0 Å².